The van der Waals surface area contributed by atoms with Crippen molar-refractivity contribution in [2.24, 2.45) is 0 Å². The maximum Gasteiger partial charge on any atom is 0.274 e. The highest BCUT2D eigenvalue weighted by molar-refractivity contribution is 6.04. The molecule has 2 N–H and O–H groups in total. The van der Waals surface area contributed by atoms with Crippen molar-refractivity contribution in [1.29, 1.82) is 0 Å². The Labute approximate surface area is 158 Å². The van der Waals surface area contributed by atoms with E-state index in [2.05, 4.69) is 39.6 Å². The van der Waals surface area contributed by atoms with Crippen LogP contribution >= 0.6 is 0 Å². The van der Waals surface area contributed by atoms with Crippen LogP contribution in [0.15, 0.2) is 34.9 Å². The smallest absolute Gasteiger partial charge is 0.274 e. The summed E-state index contributed by atoms with van der Waals surface area (Å²) >= 11 is 0. The quantitative estimate of drug-likeness (QED) is 0.691. The van der Waals surface area contributed by atoms with Crippen molar-refractivity contribution in [3.63, 3.8) is 0 Å². The zero-order chi connectivity index (χ0) is 19.6. The molecule has 3 rings (SSSR count). The number of aryl methyl sites for hydroxylation is 3. The van der Waals surface area contributed by atoms with Crippen molar-refractivity contribution in [3.8, 4) is 0 Å². The molecule has 0 aliphatic heterocycles. The molecule has 27 heavy (non-hydrogen) atoms. The number of anilines is 3. The van der Waals surface area contributed by atoms with Crippen LogP contribution in [0.25, 0.3) is 0 Å². The first-order valence-electron chi connectivity index (χ1n) is 8.80. The number of carbonyl (C=O) groups is 1. The molecule has 1 amide bonds. The van der Waals surface area contributed by atoms with Gasteiger partial charge in [0.1, 0.15) is 11.5 Å². The van der Waals surface area contributed by atoms with E-state index in [1.165, 1.54) is 0 Å². The van der Waals surface area contributed by atoms with Crippen molar-refractivity contribution in [1.82, 2.24) is 15.1 Å². The number of para-hydroxylation sites is 1. The van der Waals surface area contributed by atoms with E-state index in [0.29, 0.717) is 29.1 Å². The second-order valence-corrected chi connectivity index (χ2v) is 6.81. The lowest BCUT2D eigenvalue weighted by molar-refractivity contribution is 0.102. The Morgan fingerprint density at radius 1 is 1.11 bits per heavy atom. The molecule has 2 aromatic heterocycles. The van der Waals surface area contributed by atoms with Crippen LogP contribution in [0.4, 0.5) is 17.5 Å². The molecule has 7 heteroatoms. The summed E-state index contributed by atoms with van der Waals surface area (Å²) in [6.07, 6.45) is 0. The molecule has 1 aromatic carbocycles. The Hall–Kier alpha value is -3.22. The summed E-state index contributed by atoms with van der Waals surface area (Å²) < 4.78 is 5.03. The van der Waals surface area contributed by atoms with Gasteiger partial charge in [-0.25, -0.2) is 9.97 Å². The number of nitrogens with one attached hydrogen (secondary N) is 2. The number of carbonyl (C=O) groups excluding carboxylic acids is 1. The number of amides is 1. The van der Waals surface area contributed by atoms with Crippen LogP contribution in [0.5, 0.6) is 0 Å². The van der Waals surface area contributed by atoms with E-state index in [4.69, 9.17) is 4.52 Å². The molecule has 0 saturated heterocycles. The Bertz CT molecular complexity index is 978. The van der Waals surface area contributed by atoms with Gasteiger partial charge in [-0.1, -0.05) is 37.2 Å². The Morgan fingerprint density at radius 3 is 2.56 bits per heavy atom. The maximum atomic E-state index is 12.8. The molecular weight excluding hydrogens is 342 g/mol. The fourth-order valence-corrected chi connectivity index (χ4v) is 2.80. The zero-order valence-electron chi connectivity index (χ0n) is 16.1. The third-order valence-electron chi connectivity index (χ3n) is 4.12. The number of hydrogen-bond acceptors (Lipinski definition) is 6. The Morgan fingerprint density at radius 2 is 1.89 bits per heavy atom. The molecule has 0 unspecified atom stereocenters. The first-order valence-corrected chi connectivity index (χ1v) is 8.80. The lowest BCUT2D eigenvalue weighted by atomic mass is 9.98. The molecule has 0 fully saturated rings. The van der Waals surface area contributed by atoms with Gasteiger partial charge in [-0.3, -0.25) is 4.79 Å². The van der Waals surface area contributed by atoms with Crippen molar-refractivity contribution < 1.29 is 9.32 Å². The lowest BCUT2D eigenvalue weighted by Gasteiger charge is -2.16. The Kier molecular flexibility index (Phi) is 5.21. The van der Waals surface area contributed by atoms with Crippen LogP contribution in [0.3, 0.4) is 0 Å². The third kappa shape index (κ3) is 4.31. The summed E-state index contributed by atoms with van der Waals surface area (Å²) in [6, 6.07) is 9.39. The molecule has 7 nitrogen and oxygen atoms in total. The summed E-state index contributed by atoms with van der Waals surface area (Å²) in [5.74, 6) is 1.47. The lowest BCUT2D eigenvalue weighted by Crippen LogP contribution is -2.17. The molecule has 0 atom stereocenters. The van der Waals surface area contributed by atoms with Gasteiger partial charge in [0.25, 0.3) is 5.91 Å². The minimum absolute atomic E-state index is 0.281. The van der Waals surface area contributed by atoms with Gasteiger partial charge in [-0.05, 0) is 43.9 Å². The van der Waals surface area contributed by atoms with E-state index in [1.54, 1.807) is 19.1 Å². The SMILES string of the molecule is Cc1cc(C(=O)Nc2c(C)cccc2C(C)C)nc(Nc2cc(C)on2)n1. The van der Waals surface area contributed by atoms with Gasteiger partial charge in [-0.15, -0.1) is 0 Å². The first-order chi connectivity index (χ1) is 12.8. The maximum absolute atomic E-state index is 12.8. The molecule has 0 aliphatic rings. The average Bonchev–Trinajstić information content (AvgIpc) is 3.00. The highest BCUT2D eigenvalue weighted by atomic mass is 16.5. The highest BCUT2D eigenvalue weighted by Gasteiger charge is 2.16. The number of aromatic nitrogens is 3. The highest BCUT2D eigenvalue weighted by Crippen LogP contribution is 2.28. The van der Waals surface area contributed by atoms with Crippen LogP contribution in [0.2, 0.25) is 0 Å². The third-order valence-corrected chi connectivity index (χ3v) is 4.12. The summed E-state index contributed by atoms with van der Waals surface area (Å²) in [5.41, 5.74) is 3.88. The topological polar surface area (TPSA) is 92.9 Å². The van der Waals surface area contributed by atoms with Crippen LogP contribution in [0, 0.1) is 20.8 Å². The normalized spacial score (nSPS) is 10.9. The summed E-state index contributed by atoms with van der Waals surface area (Å²) in [4.78, 5) is 21.5. The minimum Gasteiger partial charge on any atom is -0.360 e. The molecule has 0 radical (unpaired) electrons. The van der Waals surface area contributed by atoms with Crippen molar-refractivity contribution in [2.75, 3.05) is 10.6 Å². The largest absolute Gasteiger partial charge is 0.360 e. The second-order valence-electron chi connectivity index (χ2n) is 6.81. The number of benzene rings is 1. The summed E-state index contributed by atoms with van der Waals surface area (Å²) in [7, 11) is 0. The standard InChI is InChI=1S/C20H23N5O2/c1-11(2)15-8-6-7-12(3)18(15)24-19(26)16-9-13(4)21-20(22-16)23-17-10-14(5)27-25-17/h6-11H,1-5H3,(H,24,26)(H,21,22,23,25). The van der Waals surface area contributed by atoms with Gasteiger partial charge in [0.05, 0.1) is 0 Å². The van der Waals surface area contributed by atoms with Crippen molar-refractivity contribution >= 4 is 23.4 Å². The summed E-state index contributed by atoms with van der Waals surface area (Å²) in [6.45, 7) is 9.78. The minimum atomic E-state index is -0.281. The number of rotatable bonds is 5. The van der Waals surface area contributed by atoms with Gasteiger partial charge in [0.15, 0.2) is 5.82 Å². The first kappa shape index (κ1) is 18.6. The summed E-state index contributed by atoms with van der Waals surface area (Å²) in [5, 5.41) is 9.83. The predicted octanol–water partition coefficient (Wildman–Crippen LogP) is 4.51. The molecule has 0 bridgehead atoms. The van der Waals surface area contributed by atoms with Gasteiger partial charge in [-0.2, -0.15) is 0 Å². The monoisotopic (exact) mass is 365 g/mol. The molecule has 3 aromatic rings. The molecular formula is C20H23N5O2. The predicted molar refractivity (Wildman–Crippen MR) is 105 cm³/mol. The van der Waals surface area contributed by atoms with E-state index in [1.807, 2.05) is 32.0 Å². The zero-order valence-corrected chi connectivity index (χ0v) is 16.1. The van der Waals surface area contributed by atoms with E-state index in [0.717, 1.165) is 16.8 Å². The molecule has 140 valence electrons. The number of hydrogen-bond donors (Lipinski definition) is 2. The molecule has 0 spiro atoms. The van der Waals surface area contributed by atoms with E-state index in [-0.39, 0.29) is 11.6 Å². The van der Waals surface area contributed by atoms with Crippen molar-refractivity contribution in [2.45, 2.75) is 40.5 Å². The van der Waals surface area contributed by atoms with Gasteiger partial charge in [0.2, 0.25) is 5.95 Å². The van der Waals surface area contributed by atoms with Crippen LogP contribution in [-0.4, -0.2) is 21.0 Å². The fraction of sp³-hybridized carbons (Fsp3) is 0.300. The van der Waals surface area contributed by atoms with E-state index >= 15 is 0 Å². The van der Waals surface area contributed by atoms with E-state index in [9.17, 15) is 4.79 Å². The van der Waals surface area contributed by atoms with E-state index < -0.39 is 0 Å². The molecule has 0 aliphatic carbocycles. The van der Waals surface area contributed by atoms with Gasteiger partial charge >= 0.3 is 0 Å². The molecule has 0 saturated carbocycles. The fourth-order valence-electron chi connectivity index (χ4n) is 2.80. The second kappa shape index (κ2) is 7.57. The van der Waals surface area contributed by atoms with Crippen LogP contribution in [-0.2, 0) is 0 Å². The van der Waals surface area contributed by atoms with Gasteiger partial charge < -0.3 is 15.2 Å². The van der Waals surface area contributed by atoms with Crippen LogP contribution in [0.1, 0.15) is 52.8 Å². The van der Waals surface area contributed by atoms with Gasteiger partial charge in [0, 0.05) is 17.4 Å². The molecule has 2 heterocycles. The Balaban J connectivity index is 1.87. The van der Waals surface area contributed by atoms with Crippen molar-refractivity contribution in [3.05, 3.63) is 58.6 Å². The average molecular weight is 365 g/mol. The van der Waals surface area contributed by atoms with Crippen LogP contribution < -0.4 is 10.6 Å². The number of nitrogens with zero attached hydrogens (tertiary/aromatic N) is 3.